The molecule has 0 saturated heterocycles. The van der Waals surface area contributed by atoms with E-state index in [2.05, 4.69) is 5.32 Å². The molecule has 0 aliphatic rings. The fourth-order valence-corrected chi connectivity index (χ4v) is 1.35. The van der Waals surface area contributed by atoms with Crippen molar-refractivity contribution in [3.8, 4) is 0 Å². The summed E-state index contributed by atoms with van der Waals surface area (Å²) in [5.41, 5.74) is 0. The van der Waals surface area contributed by atoms with Gasteiger partial charge in [0.1, 0.15) is 0 Å². The third-order valence-electron chi connectivity index (χ3n) is 2.40. The SMILES string of the molecule is CCN(CC)C(=N)NC(=N)N(CC)CC. The van der Waals surface area contributed by atoms with E-state index in [1.54, 1.807) is 0 Å². The first-order valence-corrected chi connectivity index (χ1v) is 5.54. The molecule has 5 nitrogen and oxygen atoms in total. The third-order valence-corrected chi connectivity index (χ3v) is 2.40. The average molecular weight is 213 g/mol. The Balaban J connectivity index is 4.21. The average Bonchev–Trinajstić information content (AvgIpc) is 2.21. The molecule has 0 atom stereocenters. The predicted octanol–water partition coefficient (Wildman–Crippen LogP) is 1.13. The Bertz CT molecular complexity index is 184. The maximum atomic E-state index is 7.77. The Kier molecular flexibility index (Phi) is 6.49. The number of nitrogens with zero attached hydrogens (tertiary/aromatic N) is 2. The van der Waals surface area contributed by atoms with Crippen molar-refractivity contribution >= 4 is 11.9 Å². The zero-order chi connectivity index (χ0) is 11.8. The van der Waals surface area contributed by atoms with Crippen molar-refractivity contribution in [2.45, 2.75) is 27.7 Å². The van der Waals surface area contributed by atoms with Crippen molar-refractivity contribution in [3.63, 3.8) is 0 Å². The molecule has 88 valence electrons. The number of rotatable bonds is 4. The minimum Gasteiger partial charge on any atom is -0.343 e. The van der Waals surface area contributed by atoms with Gasteiger partial charge in [0.15, 0.2) is 11.9 Å². The van der Waals surface area contributed by atoms with Gasteiger partial charge in [-0.05, 0) is 27.7 Å². The van der Waals surface area contributed by atoms with E-state index in [-0.39, 0.29) is 0 Å². The number of hydrogen-bond donors (Lipinski definition) is 3. The van der Waals surface area contributed by atoms with E-state index in [4.69, 9.17) is 10.8 Å². The summed E-state index contributed by atoms with van der Waals surface area (Å²) in [5, 5.41) is 18.3. The molecule has 0 aromatic carbocycles. The topological polar surface area (TPSA) is 66.2 Å². The molecule has 15 heavy (non-hydrogen) atoms. The highest BCUT2D eigenvalue weighted by Crippen LogP contribution is 1.90. The third kappa shape index (κ3) is 4.18. The monoisotopic (exact) mass is 213 g/mol. The van der Waals surface area contributed by atoms with Crippen molar-refractivity contribution in [1.82, 2.24) is 15.1 Å². The van der Waals surface area contributed by atoms with Gasteiger partial charge in [-0.15, -0.1) is 0 Å². The van der Waals surface area contributed by atoms with E-state index in [9.17, 15) is 0 Å². The van der Waals surface area contributed by atoms with Gasteiger partial charge in [-0.3, -0.25) is 16.1 Å². The molecule has 0 fully saturated rings. The van der Waals surface area contributed by atoms with Gasteiger partial charge in [0.05, 0.1) is 0 Å². The van der Waals surface area contributed by atoms with Crippen molar-refractivity contribution in [1.29, 1.82) is 10.8 Å². The van der Waals surface area contributed by atoms with Crippen LogP contribution in [0.4, 0.5) is 0 Å². The van der Waals surface area contributed by atoms with Crippen LogP contribution >= 0.6 is 0 Å². The fourth-order valence-electron chi connectivity index (χ4n) is 1.35. The van der Waals surface area contributed by atoms with Crippen LogP contribution in [0.1, 0.15) is 27.7 Å². The smallest absolute Gasteiger partial charge is 0.197 e. The molecule has 0 aromatic heterocycles. The van der Waals surface area contributed by atoms with Gasteiger partial charge >= 0.3 is 0 Å². The quantitative estimate of drug-likeness (QED) is 0.484. The van der Waals surface area contributed by atoms with Crippen LogP contribution in [0.3, 0.4) is 0 Å². The molecule has 0 amide bonds. The van der Waals surface area contributed by atoms with Gasteiger partial charge in [0.25, 0.3) is 0 Å². The molecule has 0 rings (SSSR count). The summed E-state index contributed by atoms with van der Waals surface area (Å²) in [6.07, 6.45) is 0. The van der Waals surface area contributed by atoms with Gasteiger partial charge in [-0.25, -0.2) is 0 Å². The molecule has 0 aromatic rings. The highest BCUT2D eigenvalue weighted by Gasteiger charge is 2.10. The van der Waals surface area contributed by atoms with Crippen LogP contribution < -0.4 is 5.32 Å². The Morgan fingerprint density at radius 3 is 1.27 bits per heavy atom. The molecule has 3 N–H and O–H groups in total. The van der Waals surface area contributed by atoms with E-state index in [0.717, 1.165) is 26.2 Å². The number of nitrogens with one attached hydrogen (secondary N) is 3. The van der Waals surface area contributed by atoms with Crippen LogP contribution in [0.5, 0.6) is 0 Å². The molecule has 0 aliphatic carbocycles. The van der Waals surface area contributed by atoms with E-state index < -0.39 is 0 Å². The summed E-state index contributed by atoms with van der Waals surface area (Å²) in [5.74, 6) is 0.605. The molecule has 5 heteroatoms. The summed E-state index contributed by atoms with van der Waals surface area (Å²) in [7, 11) is 0. The van der Waals surface area contributed by atoms with Crippen LogP contribution in [0.25, 0.3) is 0 Å². The van der Waals surface area contributed by atoms with Crippen molar-refractivity contribution in [2.75, 3.05) is 26.2 Å². The lowest BCUT2D eigenvalue weighted by atomic mass is 10.5. The molecular formula is C10H23N5. The first-order valence-electron chi connectivity index (χ1n) is 5.54. The van der Waals surface area contributed by atoms with Gasteiger partial charge in [-0.2, -0.15) is 0 Å². The Hall–Kier alpha value is -1.26. The second-order valence-corrected chi connectivity index (χ2v) is 3.17. The van der Waals surface area contributed by atoms with E-state index in [1.165, 1.54) is 0 Å². The molecule has 0 bridgehead atoms. The van der Waals surface area contributed by atoms with Crippen molar-refractivity contribution in [2.24, 2.45) is 0 Å². The number of guanidine groups is 2. The highest BCUT2D eigenvalue weighted by molar-refractivity contribution is 5.95. The van der Waals surface area contributed by atoms with Crippen LogP contribution in [-0.2, 0) is 0 Å². The van der Waals surface area contributed by atoms with Crippen molar-refractivity contribution in [3.05, 3.63) is 0 Å². The zero-order valence-electron chi connectivity index (χ0n) is 10.2. The van der Waals surface area contributed by atoms with Crippen molar-refractivity contribution < 1.29 is 0 Å². The summed E-state index contributed by atoms with van der Waals surface area (Å²) < 4.78 is 0. The minimum atomic E-state index is 0.303. The lowest BCUT2D eigenvalue weighted by Gasteiger charge is -2.27. The molecule has 0 heterocycles. The van der Waals surface area contributed by atoms with E-state index in [1.807, 2.05) is 37.5 Å². The lowest BCUT2D eigenvalue weighted by molar-refractivity contribution is 0.428. The van der Waals surface area contributed by atoms with E-state index >= 15 is 0 Å². The molecule has 0 unspecified atom stereocenters. The predicted molar refractivity (Wildman–Crippen MR) is 64.4 cm³/mol. The minimum absolute atomic E-state index is 0.303. The fraction of sp³-hybridized carbons (Fsp3) is 0.800. The summed E-state index contributed by atoms with van der Waals surface area (Å²) in [6, 6.07) is 0. The van der Waals surface area contributed by atoms with Gasteiger partial charge < -0.3 is 9.80 Å². The van der Waals surface area contributed by atoms with Crippen LogP contribution in [0.2, 0.25) is 0 Å². The molecular weight excluding hydrogens is 190 g/mol. The second kappa shape index (κ2) is 7.09. The maximum absolute atomic E-state index is 7.77. The second-order valence-electron chi connectivity index (χ2n) is 3.17. The maximum Gasteiger partial charge on any atom is 0.197 e. The first kappa shape index (κ1) is 13.7. The molecule has 0 spiro atoms. The Morgan fingerprint density at radius 2 is 1.07 bits per heavy atom. The Labute approximate surface area is 92.5 Å². The van der Waals surface area contributed by atoms with Crippen LogP contribution in [0.15, 0.2) is 0 Å². The van der Waals surface area contributed by atoms with Gasteiger partial charge in [-0.1, -0.05) is 0 Å². The summed E-state index contributed by atoms with van der Waals surface area (Å²) in [4.78, 5) is 3.75. The molecule has 0 aliphatic heterocycles. The summed E-state index contributed by atoms with van der Waals surface area (Å²) >= 11 is 0. The molecule has 0 saturated carbocycles. The highest BCUT2D eigenvalue weighted by atomic mass is 15.4. The Morgan fingerprint density at radius 1 is 0.800 bits per heavy atom. The van der Waals surface area contributed by atoms with Crippen LogP contribution in [-0.4, -0.2) is 47.9 Å². The van der Waals surface area contributed by atoms with Gasteiger partial charge in [0.2, 0.25) is 0 Å². The van der Waals surface area contributed by atoms with E-state index in [0.29, 0.717) is 11.9 Å². The number of hydrogen-bond acceptors (Lipinski definition) is 2. The largest absolute Gasteiger partial charge is 0.343 e. The standard InChI is InChI=1S/C10H23N5/c1-5-14(6-2)9(11)13-10(12)15(7-3)8-4/h5-8H2,1-4H3,(H3,11,12,13). The summed E-state index contributed by atoms with van der Waals surface area (Å²) in [6.45, 7) is 11.1. The molecule has 0 radical (unpaired) electrons. The van der Waals surface area contributed by atoms with Gasteiger partial charge in [0, 0.05) is 26.2 Å². The normalized spacial score (nSPS) is 9.60. The first-order chi connectivity index (χ1) is 7.10. The van der Waals surface area contributed by atoms with Crippen LogP contribution in [0, 0.1) is 10.8 Å². The zero-order valence-corrected chi connectivity index (χ0v) is 10.2. The lowest BCUT2D eigenvalue weighted by Crippen LogP contribution is -2.49.